The topological polar surface area (TPSA) is 12.0 Å². The van der Waals surface area contributed by atoms with Crippen molar-refractivity contribution >= 4 is 0 Å². The smallest absolute Gasteiger partial charge is 0.123 e. The second kappa shape index (κ2) is 6.40. The molecule has 110 valence electrons. The summed E-state index contributed by atoms with van der Waals surface area (Å²) in [6, 6.07) is 13.8. The maximum atomic E-state index is 13.2. The van der Waals surface area contributed by atoms with Crippen molar-refractivity contribution in [1.29, 1.82) is 0 Å². The highest BCUT2D eigenvalue weighted by molar-refractivity contribution is 5.40. The summed E-state index contributed by atoms with van der Waals surface area (Å²) in [7, 11) is 0. The third-order valence-electron chi connectivity index (χ3n) is 4.26. The van der Waals surface area contributed by atoms with Gasteiger partial charge in [0.05, 0.1) is 6.04 Å². The third kappa shape index (κ3) is 3.16. The van der Waals surface area contributed by atoms with Crippen LogP contribution in [0, 0.1) is 5.82 Å². The molecule has 0 heterocycles. The summed E-state index contributed by atoms with van der Waals surface area (Å²) < 4.78 is 13.2. The highest BCUT2D eigenvalue weighted by Gasteiger charge is 2.17. The standard InChI is InChI=1S/C19H22FN/c1-2-12-21-19(15-8-10-18(20)11-9-15)17-7-6-14-4-3-5-16(14)13-17/h6-11,13,19,21H,2-5,12H2,1H3. The zero-order chi connectivity index (χ0) is 14.7. The van der Waals surface area contributed by atoms with Crippen LogP contribution in [0.15, 0.2) is 42.5 Å². The Bertz CT molecular complexity index is 603. The van der Waals surface area contributed by atoms with E-state index in [1.165, 1.54) is 36.0 Å². The molecule has 0 bridgehead atoms. The molecule has 21 heavy (non-hydrogen) atoms. The van der Waals surface area contributed by atoms with Gasteiger partial charge >= 0.3 is 0 Å². The van der Waals surface area contributed by atoms with Gasteiger partial charge in [0.15, 0.2) is 0 Å². The van der Waals surface area contributed by atoms with E-state index in [0.29, 0.717) is 0 Å². The van der Waals surface area contributed by atoms with Crippen molar-refractivity contribution < 1.29 is 4.39 Å². The first-order chi connectivity index (χ1) is 10.3. The van der Waals surface area contributed by atoms with Gasteiger partial charge in [-0.15, -0.1) is 0 Å². The van der Waals surface area contributed by atoms with Crippen LogP contribution < -0.4 is 5.32 Å². The summed E-state index contributed by atoms with van der Waals surface area (Å²) in [5.41, 5.74) is 5.39. The van der Waals surface area contributed by atoms with E-state index >= 15 is 0 Å². The molecule has 0 saturated carbocycles. The molecule has 0 radical (unpaired) electrons. The molecule has 0 aliphatic heterocycles. The Balaban J connectivity index is 1.93. The van der Waals surface area contributed by atoms with Crippen LogP contribution in [0.1, 0.15) is 48.1 Å². The number of hydrogen-bond acceptors (Lipinski definition) is 1. The minimum atomic E-state index is -0.179. The first-order valence-electron chi connectivity index (χ1n) is 7.88. The minimum absolute atomic E-state index is 0.149. The fourth-order valence-corrected chi connectivity index (χ4v) is 3.14. The Morgan fingerprint density at radius 3 is 2.48 bits per heavy atom. The van der Waals surface area contributed by atoms with E-state index in [-0.39, 0.29) is 11.9 Å². The Morgan fingerprint density at radius 1 is 1.00 bits per heavy atom. The van der Waals surface area contributed by atoms with Crippen LogP contribution in [-0.2, 0) is 12.8 Å². The van der Waals surface area contributed by atoms with Crippen molar-refractivity contribution in [1.82, 2.24) is 5.32 Å². The van der Waals surface area contributed by atoms with Gasteiger partial charge < -0.3 is 5.32 Å². The molecule has 3 rings (SSSR count). The minimum Gasteiger partial charge on any atom is -0.306 e. The summed E-state index contributed by atoms with van der Waals surface area (Å²) in [6.07, 6.45) is 4.75. The summed E-state index contributed by atoms with van der Waals surface area (Å²) in [4.78, 5) is 0. The summed E-state index contributed by atoms with van der Waals surface area (Å²) in [5, 5.41) is 3.59. The lowest BCUT2D eigenvalue weighted by molar-refractivity contribution is 0.592. The van der Waals surface area contributed by atoms with Gasteiger partial charge in [-0.1, -0.05) is 37.3 Å². The molecule has 0 fully saturated rings. The van der Waals surface area contributed by atoms with Gasteiger partial charge in [-0.3, -0.25) is 0 Å². The van der Waals surface area contributed by atoms with Gasteiger partial charge in [0, 0.05) is 0 Å². The SMILES string of the molecule is CCCNC(c1ccc(F)cc1)c1ccc2c(c1)CCC2. The molecule has 2 aromatic carbocycles. The first kappa shape index (κ1) is 14.3. The van der Waals surface area contributed by atoms with Gasteiger partial charge in [0.2, 0.25) is 0 Å². The summed E-state index contributed by atoms with van der Waals surface area (Å²) in [6.45, 7) is 3.12. The molecule has 1 nitrogen and oxygen atoms in total. The first-order valence-corrected chi connectivity index (χ1v) is 7.88. The lowest BCUT2D eigenvalue weighted by Crippen LogP contribution is -2.23. The highest BCUT2D eigenvalue weighted by atomic mass is 19.1. The normalized spacial score (nSPS) is 15.0. The fourth-order valence-electron chi connectivity index (χ4n) is 3.14. The predicted molar refractivity (Wildman–Crippen MR) is 85.0 cm³/mol. The van der Waals surface area contributed by atoms with Crippen LogP contribution >= 0.6 is 0 Å². The Morgan fingerprint density at radius 2 is 1.71 bits per heavy atom. The van der Waals surface area contributed by atoms with E-state index in [0.717, 1.165) is 18.5 Å². The second-order valence-electron chi connectivity index (χ2n) is 5.82. The van der Waals surface area contributed by atoms with Crippen LogP contribution in [0.25, 0.3) is 0 Å². The molecule has 1 aliphatic carbocycles. The van der Waals surface area contributed by atoms with Crippen LogP contribution in [-0.4, -0.2) is 6.54 Å². The Kier molecular flexibility index (Phi) is 4.35. The molecule has 2 heteroatoms. The average molecular weight is 283 g/mol. The lowest BCUT2D eigenvalue weighted by Gasteiger charge is -2.20. The molecular formula is C19H22FN. The van der Waals surface area contributed by atoms with Crippen molar-refractivity contribution in [3.05, 3.63) is 70.5 Å². The highest BCUT2D eigenvalue weighted by Crippen LogP contribution is 2.28. The van der Waals surface area contributed by atoms with Gasteiger partial charge in [0.1, 0.15) is 5.82 Å². The summed E-state index contributed by atoms with van der Waals surface area (Å²) in [5.74, 6) is -0.179. The third-order valence-corrected chi connectivity index (χ3v) is 4.26. The molecule has 0 saturated heterocycles. The quantitative estimate of drug-likeness (QED) is 0.857. The van der Waals surface area contributed by atoms with E-state index in [2.05, 4.69) is 30.4 Å². The second-order valence-corrected chi connectivity index (χ2v) is 5.82. The maximum Gasteiger partial charge on any atom is 0.123 e. The van der Waals surface area contributed by atoms with E-state index in [9.17, 15) is 4.39 Å². The number of benzene rings is 2. The number of aryl methyl sites for hydroxylation is 2. The number of hydrogen-bond donors (Lipinski definition) is 1. The number of nitrogens with one attached hydrogen (secondary N) is 1. The molecule has 1 unspecified atom stereocenters. The van der Waals surface area contributed by atoms with Gasteiger partial charge in [-0.05, 0) is 66.6 Å². The molecule has 2 aromatic rings. The summed E-state index contributed by atoms with van der Waals surface area (Å²) >= 11 is 0. The molecule has 0 aromatic heterocycles. The van der Waals surface area contributed by atoms with Gasteiger partial charge in [0.25, 0.3) is 0 Å². The van der Waals surface area contributed by atoms with E-state index in [1.807, 2.05) is 12.1 Å². The van der Waals surface area contributed by atoms with Crippen molar-refractivity contribution in [3.63, 3.8) is 0 Å². The van der Waals surface area contributed by atoms with Gasteiger partial charge in [-0.25, -0.2) is 4.39 Å². The van der Waals surface area contributed by atoms with Crippen molar-refractivity contribution in [2.75, 3.05) is 6.54 Å². The largest absolute Gasteiger partial charge is 0.306 e. The molecule has 0 spiro atoms. The number of rotatable bonds is 5. The monoisotopic (exact) mass is 283 g/mol. The predicted octanol–water partition coefficient (Wildman–Crippen LogP) is 4.40. The molecule has 1 aliphatic rings. The number of halogens is 1. The Labute approximate surface area is 126 Å². The molecule has 1 atom stereocenters. The Hall–Kier alpha value is -1.67. The lowest BCUT2D eigenvalue weighted by atomic mass is 9.95. The van der Waals surface area contributed by atoms with E-state index in [4.69, 9.17) is 0 Å². The molecular weight excluding hydrogens is 261 g/mol. The zero-order valence-electron chi connectivity index (χ0n) is 12.5. The van der Waals surface area contributed by atoms with Crippen LogP contribution in [0.2, 0.25) is 0 Å². The average Bonchev–Trinajstić information content (AvgIpc) is 2.97. The van der Waals surface area contributed by atoms with E-state index < -0.39 is 0 Å². The fraction of sp³-hybridized carbons (Fsp3) is 0.368. The molecule has 1 N–H and O–H groups in total. The van der Waals surface area contributed by atoms with Crippen molar-refractivity contribution in [3.8, 4) is 0 Å². The van der Waals surface area contributed by atoms with E-state index in [1.54, 1.807) is 12.1 Å². The van der Waals surface area contributed by atoms with Crippen molar-refractivity contribution in [2.24, 2.45) is 0 Å². The zero-order valence-corrected chi connectivity index (χ0v) is 12.5. The number of fused-ring (bicyclic) bond motifs is 1. The van der Waals surface area contributed by atoms with Crippen LogP contribution in [0.5, 0.6) is 0 Å². The molecule has 0 amide bonds. The van der Waals surface area contributed by atoms with Crippen LogP contribution in [0.4, 0.5) is 4.39 Å². The van der Waals surface area contributed by atoms with Crippen LogP contribution in [0.3, 0.4) is 0 Å². The van der Waals surface area contributed by atoms with Gasteiger partial charge in [-0.2, -0.15) is 0 Å². The maximum absolute atomic E-state index is 13.2. The van der Waals surface area contributed by atoms with Crippen molar-refractivity contribution in [2.45, 2.75) is 38.6 Å².